The number of benzene rings is 1. The quantitative estimate of drug-likeness (QED) is 0.116. The summed E-state index contributed by atoms with van der Waals surface area (Å²) in [5.74, 6) is 1.18. The number of allylic oxidation sites excluding steroid dienone is 4. The lowest BCUT2D eigenvalue weighted by molar-refractivity contribution is 0.112. The van der Waals surface area contributed by atoms with Crippen molar-refractivity contribution >= 4 is 18.0 Å². The van der Waals surface area contributed by atoms with E-state index in [4.69, 9.17) is 0 Å². The predicted molar refractivity (Wildman–Crippen MR) is 122 cm³/mol. The number of hydrogen-bond donors (Lipinski definition) is 0. The maximum absolute atomic E-state index is 10.6. The molecule has 0 heterocycles. The van der Waals surface area contributed by atoms with E-state index in [1.807, 2.05) is 36.0 Å². The van der Waals surface area contributed by atoms with Crippen molar-refractivity contribution in [2.45, 2.75) is 88.9 Å². The molecule has 1 aromatic rings. The fraction of sp³-hybridized carbons (Fsp3) is 0.560. The van der Waals surface area contributed by atoms with Crippen molar-refractivity contribution in [2.24, 2.45) is 0 Å². The van der Waals surface area contributed by atoms with Crippen molar-refractivity contribution in [2.75, 3.05) is 5.75 Å². The van der Waals surface area contributed by atoms with Crippen LogP contribution >= 0.6 is 11.8 Å². The van der Waals surface area contributed by atoms with Crippen LogP contribution in [0.5, 0.6) is 0 Å². The Morgan fingerprint density at radius 1 is 0.741 bits per heavy atom. The van der Waals surface area contributed by atoms with Gasteiger partial charge in [-0.2, -0.15) is 0 Å². The third-order valence-electron chi connectivity index (χ3n) is 4.63. The van der Waals surface area contributed by atoms with Crippen molar-refractivity contribution in [3.63, 3.8) is 0 Å². The molecule has 1 nitrogen and oxygen atoms in total. The van der Waals surface area contributed by atoms with E-state index in [1.165, 1.54) is 81.3 Å². The summed E-state index contributed by atoms with van der Waals surface area (Å²) in [4.78, 5) is 11.9. The zero-order valence-electron chi connectivity index (χ0n) is 17.2. The third kappa shape index (κ3) is 14.4. The van der Waals surface area contributed by atoms with Crippen LogP contribution in [0.2, 0.25) is 0 Å². The lowest BCUT2D eigenvalue weighted by Crippen LogP contribution is -1.84. The minimum absolute atomic E-state index is 0.757. The minimum atomic E-state index is 0.757. The molecule has 1 rings (SSSR count). The maximum atomic E-state index is 10.6. The fourth-order valence-corrected chi connectivity index (χ4v) is 3.84. The van der Waals surface area contributed by atoms with Crippen LogP contribution in [0, 0.1) is 0 Å². The minimum Gasteiger partial charge on any atom is -0.298 e. The molecule has 0 saturated carbocycles. The SMILES string of the molecule is CCCCC/C=C/C/C=C/CCCCCCCCSc1ccc(C=O)cc1. The molecule has 27 heavy (non-hydrogen) atoms. The van der Waals surface area contributed by atoms with Gasteiger partial charge in [0.2, 0.25) is 0 Å². The molecule has 0 aliphatic rings. The Morgan fingerprint density at radius 3 is 1.96 bits per heavy atom. The van der Waals surface area contributed by atoms with Gasteiger partial charge in [-0.1, -0.05) is 81.9 Å². The molecule has 0 aliphatic carbocycles. The van der Waals surface area contributed by atoms with Gasteiger partial charge in [0.05, 0.1) is 0 Å². The predicted octanol–water partition coefficient (Wildman–Crippen LogP) is 8.40. The molecule has 0 aromatic heterocycles. The van der Waals surface area contributed by atoms with Gasteiger partial charge in [-0.15, -0.1) is 11.8 Å². The average Bonchev–Trinajstić information content (AvgIpc) is 2.70. The molecule has 2 heteroatoms. The standard InChI is InChI=1S/C25H38OS/c1-2-3-4-5-6-7-8-9-10-11-12-13-14-15-16-17-22-27-25-20-18-24(23-26)19-21-25/h6-7,9-10,18-21,23H,2-5,8,11-17,22H2,1H3/b7-6+,10-9+. The second kappa shape index (κ2) is 18.1. The first-order chi connectivity index (χ1) is 13.4. The summed E-state index contributed by atoms with van der Waals surface area (Å²) in [5, 5.41) is 0. The van der Waals surface area contributed by atoms with Crippen molar-refractivity contribution in [3.05, 3.63) is 54.1 Å². The number of aldehydes is 1. The summed E-state index contributed by atoms with van der Waals surface area (Å²) in [6.07, 6.45) is 25.8. The molecule has 0 N–H and O–H groups in total. The van der Waals surface area contributed by atoms with Crippen LogP contribution in [-0.4, -0.2) is 12.0 Å². The summed E-state index contributed by atoms with van der Waals surface area (Å²) in [7, 11) is 0. The first kappa shape index (κ1) is 23.8. The van der Waals surface area contributed by atoms with E-state index in [2.05, 4.69) is 31.2 Å². The Hall–Kier alpha value is -1.28. The van der Waals surface area contributed by atoms with Crippen molar-refractivity contribution in [3.8, 4) is 0 Å². The van der Waals surface area contributed by atoms with Gasteiger partial charge in [0.15, 0.2) is 0 Å². The van der Waals surface area contributed by atoms with E-state index >= 15 is 0 Å². The molecule has 150 valence electrons. The topological polar surface area (TPSA) is 17.1 Å². The number of carbonyl (C=O) groups is 1. The summed E-state index contributed by atoms with van der Waals surface area (Å²) < 4.78 is 0. The Morgan fingerprint density at radius 2 is 1.33 bits per heavy atom. The van der Waals surface area contributed by atoms with Crippen LogP contribution in [0.4, 0.5) is 0 Å². The summed E-state index contributed by atoms with van der Waals surface area (Å²) >= 11 is 1.90. The molecule has 0 bridgehead atoms. The van der Waals surface area contributed by atoms with Crippen LogP contribution in [0.15, 0.2) is 53.5 Å². The molecular formula is C25H38OS. The van der Waals surface area contributed by atoms with Crippen LogP contribution in [0.25, 0.3) is 0 Å². The van der Waals surface area contributed by atoms with Crippen molar-refractivity contribution < 1.29 is 4.79 Å². The van der Waals surface area contributed by atoms with Gasteiger partial charge < -0.3 is 0 Å². The van der Waals surface area contributed by atoms with Gasteiger partial charge in [-0.3, -0.25) is 4.79 Å². The van der Waals surface area contributed by atoms with E-state index < -0.39 is 0 Å². The van der Waals surface area contributed by atoms with Gasteiger partial charge in [0.25, 0.3) is 0 Å². The van der Waals surface area contributed by atoms with E-state index in [-0.39, 0.29) is 0 Å². The van der Waals surface area contributed by atoms with Crippen LogP contribution in [-0.2, 0) is 0 Å². The molecule has 1 aromatic carbocycles. The van der Waals surface area contributed by atoms with Crippen molar-refractivity contribution in [1.82, 2.24) is 0 Å². The Balaban J connectivity index is 1.84. The van der Waals surface area contributed by atoms with E-state index in [0.717, 1.165) is 18.3 Å². The Labute approximate surface area is 171 Å². The molecule has 0 amide bonds. The normalized spacial score (nSPS) is 11.6. The average molecular weight is 387 g/mol. The van der Waals surface area contributed by atoms with Gasteiger partial charge >= 0.3 is 0 Å². The van der Waals surface area contributed by atoms with Crippen molar-refractivity contribution in [1.29, 1.82) is 0 Å². The zero-order chi connectivity index (χ0) is 19.4. The van der Waals surface area contributed by atoms with Gasteiger partial charge in [0, 0.05) is 10.5 Å². The highest BCUT2D eigenvalue weighted by molar-refractivity contribution is 7.99. The number of rotatable bonds is 17. The highest BCUT2D eigenvalue weighted by Gasteiger charge is 1.96. The van der Waals surface area contributed by atoms with Gasteiger partial charge in [-0.05, 0) is 56.4 Å². The molecule has 0 unspecified atom stereocenters. The summed E-state index contributed by atoms with van der Waals surface area (Å²) in [5.41, 5.74) is 0.757. The molecule has 0 atom stereocenters. The molecule has 0 radical (unpaired) electrons. The Bertz CT molecular complexity index is 516. The second-order valence-electron chi connectivity index (χ2n) is 7.12. The number of unbranched alkanes of at least 4 members (excludes halogenated alkanes) is 9. The first-order valence-corrected chi connectivity index (χ1v) is 11.8. The zero-order valence-corrected chi connectivity index (χ0v) is 18.0. The third-order valence-corrected chi connectivity index (χ3v) is 5.73. The number of hydrogen-bond acceptors (Lipinski definition) is 2. The number of thioether (sulfide) groups is 1. The molecule has 0 saturated heterocycles. The van der Waals surface area contributed by atoms with Crippen LogP contribution in [0.1, 0.15) is 94.3 Å². The molecule has 0 fully saturated rings. The highest BCUT2D eigenvalue weighted by atomic mass is 32.2. The summed E-state index contributed by atoms with van der Waals surface area (Å²) in [6.45, 7) is 2.25. The van der Waals surface area contributed by atoms with Gasteiger partial charge in [0.1, 0.15) is 6.29 Å². The van der Waals surface area contributed by atoms with E-state index in [0.29, 0.717) is 0 Å². The van der Waals surface area contributed by atoms with E-state index in [9.17, 15) is 4.79 Å². The van der Waals surface area contributed by atoms with E-state index in [1.54, 1.807) is 0 Å². The van der Waals surface area contributed by atoms with Crippen LogP contribution in [0.3, 0.4) is 0 Å². The highest BCUT2D eigenvalue weighted by Crippen LogP contribution is 2.20. The second-order valence-corrected chi connectivity index (χ2v) is 8.29. The number of carbonyl (C=O) groups excluding carboxylic acids is 1. The lowest BCUT2D eigenvalue weighted by atomic mass is 10.1. The molecular weight excluding hydrogens is 348 g/mol. The monoisotopic (exact) mass is 386 g/mol. The maximum Gasteiger partial charge on any atom is 0.150 e. The molecule has 0 aliphatic heterocycles. The lowest BCUT2D eigenvalue weighted by Gasteiger charge is -2.03. The Kier molecular flexibility index (Phi) is 15.9. The first-order valence-electron chi connectivity index (χ1n) is 10.8. The smallest absolute Gasteiger partial charge is 0.150 e. The van der Waals surface area contributed by atoms with Gasteiger partial charge in [-0.25, -0.2) is 0 Å². The largest absolute Gasteiger partial charge is 0.298 e. The molecule has 0 spiro atoms. The fourth-order valence-electron chi connectivity index (χ4n) is 2.92. The summed E-state index contributed by atoms with van der Waals surface area (Å²) in [6, 6.07) is 7.88. The van der Waals surface area contributed by atoms with Crippen LogP contribution < -0.4 is 0 Å².